The van der Waals surface area contributed by atoms with Crippen molar-refractivity contribution >= 4 is 23.2 Å². The van der Waals surface area contributed by atoms with Crippen LogP contribution in [0.3, 0.4) is 0 Å². The Kier molecular flexibility index (Phi) is 5.10. The van der Waals surface area contributed by atoms with Gasteiger partial charge in [-0.2, -0.15) is 0 Å². The molecule has 3 nitrogen and oxygen atoms in total. The molecule has 0 saturated heterocycles. The fraction of sp³-hybridized carbons (Fsp3) is 0.267. The number of nitrogens with zero attached hydrogens (tertiary/aromatic N) is 1. The first kappa shape index (κ1) is 14.9. The van der Waals surface area contributed by atoms with Gasteiger partial charge in [0.1, 0.15) is 11.3 Å². The van der Waals surface area contributed by atoms with E-state index in [1.165, 1.54) is 10.6 Å². The molecule has 1 aromatic carbocycles. The summed E-state index contributed by atoms with van der Waals surface area (Å²) in [6.07, 6.45) is 2.51. The third-order valence-electron chi connectivity index (χ3n) is 2.80. The molecule has 2 aromatic rings. The highest BCUT2D eigenvalue weighted by Crippen LogP contribution is 2.28. The molecule has 1 heterocycles. The number of hydrogen-bond acceptors (Lipinski definition) is 2. The van der Waals surface area contributed by atoms with Gasteiger partial charge in [-0.1, -0.05) is 48.3 Å². The summed E-state index contributed by atoms with van der Waals surface area (Å²) < 4.78 is 6.84. The summed E-state index contributed by atoms with van der Waals surface area (Å²) in [5.41, 5.74) is -0.171. The van der Waals surface area contributed by atoms with Crippen LogP contribution in [-0.2, 0) is 0 Å². The van der Waals surface area contributed by atoms with Crippen molar-refractivity contribution in [1.29, 1.82) is 0 Å². The van der Waals surface area contributed by atoms with Crippen LogP contribution < -0.4 is 10.3 Å². The molecule has 0 radical (unpaired) electrons. The lowest BCUT2D eigenvalue weighted by Gasteiger charge is -2.15. The highest BCUT2D eigenvalue weighted by atomic mass is 35.5. The second-order valence-corrected chi connectivity index (χ2v) is 5.13. The molecule has 0 aliphatic carbocycles. The second-order valence-electron chi connectivity index (χ2n) is 4.31. The predicted molar refractivity (Wildman–Crippen MR) is 81.9 cm³/mol. The van der Waals surface area contributed by atoms with E-state index in [-0.39, 0.29) is 5.56 Å². The Balaban J connectivity index is 2.29. The molecular weight excluding hydrogens is 297 g/mol. The van der Waals surface area contributed by atoms with Crippen molar-refractivity contribution in [2.45, 2.75) is 18.8 Å². The van der Waals surface area contributed by atoms with E-state index >= 15 is 0 Å². The highest BCUT2D eigenvalue weighted by Gasteiger charge is 2.14. The largest absolute Gasteiger partial charge is 0.493 e. The lowest BCUT2D eigenvalue weighted by atomic mass is 10.2. The molecule has 0 spiro atoms. The molecule has 0 amide bonds. The topological polar surface area (TPSA) is 31.2 Å². The summed E-state index contributed by atoms with van der Waals surface area (Å²) >= 11 is 12.4. The minimum Gasteiger partial charge on any atom is -0.493 e. The van der Waals surface area contributed by atoms with Crippen LogP contribution in [-0.4, -0.2) is 11.2 Å². The van der Waals surface area contributed by atoms with Gasteiger partial charge in [-0.25, -0.2) is 0 Å². The number of hydrogen-bond donors (Lipinski definition) is 0. The molecule has 5 heteroatoms. The molecule has 0 aliphatic rings. The zero-order chi connectivity index (χ0) is 14.5. The van der Waals surface area contributed by atoms with Gasteiger partial charge in [0.05, 0.1) is 6.61 Å². The lowest BCUT2D eigenvalue weighted by molar-refractivity contribution is 0.316. The molecule has 2 rings (SSSR count). The maximum Gasteiger partial charge on any atom is 0.255 e. The third-order valence-corrected chi connectivity index (χ3v) is 3.59. The molecule has 0 N–H and O–H groups in total. The summed E-state index contributed by atoms with van der Waals surface area (Å²) in [6, 6.07) is 10.4. The summed E-state index contributed by atoms with van der Waals surface area (Å²) in [5, 5.41) is 0.533. The normalized spacial score (nSPS) is 12.2. The van der Waals surface area contributed by atoms with E-state index in [1.807, 2.05) is 19.1 Å². The molecule has 1 atom stereocenters. The van der Waals surface area contributed by atoms with Gasteiger partial charge in [0.25, 0.3) is 5.56 Å². The molecule has 1 aromatic heterocycles. The van der Waals surface area contributed by atoms with E-state index in [9.17, 15) is 4.79 Å². The van der Waals surface area contributed by atoms with Crippen LogP contribution in [0.1, 0.15) is 24.4 Å². The smallest absolute Gasteiger partial charge is 0.255 e. The molecule has 0 aliphatic heterocycles. The zero-order valence-electron chi connectivity index (χ0n) is 11.1. The third kappa shape index (κ3) is 3.35. The van der Waals surface area contributed by atoms with Crippen LogP contribution >= 0.6 is 23.2 Å². The average Bonchev–Trinajstić information content (AvgIpc) is 2.45. The number of halogens is 2. The van der Waals surface area contributed by atoms with E-state index in [0.717, 1.165) is 6.42 Å². The summed E-state index contributed by atoms with van der Waals surface area (Å²) in [6.45, 7) is 2.59. The highest BCUT2D eigenvalue weighted by molar-refractivity contribution is 6.32. The number of rotatable bonds is 5. The fourth-order valence-electron chi connectivity index (χ4n) is 1.79. The van der Waals surface area contributed by atoms with E-state index in [4.69, 9.17) is 27.9 Å². The van der Waals surface area contributed by atoms with Crippen LogP contribution in [0.15, 0.2) is 47.4 Å². The molecule has 1 unspecified atom stereocenters. The molecule has 106 valence electrons. The summed E-state index contributed by atoms with van der Waals surface area (Å²) in [4.78, 5) is 12.1. The number of pyridine rings is 1. The first-order valence-electron chi connectivity index (χ1n) is 6.37. The van der Waals surface area contributed by atoms with Gasteiger partial charge in [-0.3, -0.25) is 9.36 Å². The first-order valence-corrected chi connectivity index (χ1v) is 7.18. The molecule has 20 heavy (non-hydrogen) atoms. The van der Waals surface area contributed by atoms with E-state index in [2.05, 4.69) is 0 Å². The van der Waals surface area contributed by atoms with Gasteiger partial charge in [0.2, 0.25) is 0 Å². The average molecular weight is 312 g/mol. The van der Waals surface area contributed by atoms with Crippen molar-refractivity contribution < 1.29 is 4.74 Å². The molecule has 0 fully saturated rings. The Morgan fingerprint density at radius 2 is 2.05 bits per heavy atom. The molecular formula is C15H15Cl2NO2. The van der Waals surface area contributed by atoms with Gasteiger partial charge in [-0.05, 0) is 18.6 Å². The minimum absolute atomic E-state index is 0.224. The summed E-state index contributed by atoms with van der Waals surface area (Å²) in [5.74, 6) is 0.552. The van der Waals surface area contributed by atoms with Crippen molar-refractivity contribution in [3.05, 3.63) is 63.5 Å². The van der Waals surface area contributed by atoms with Crippen molar-refractivity contribution in [2.75, 3.05) is 6.61 Å². The van der Waals surface area contributed by atoms with Gasteiger partial charge in [0.15, 0.2) is 0 Å². The van der Waals surface area contributed by atoms with Crippen LogP contribution in [0.25, 0.3) is 0 Å². The van der Waals surface area contributed by atoms with Crippen LogP contribution in [0.2, 0.25) is 5.02 Å². The SMILES string of the molecule is CCCOc1ccn(C(Cl)c2ccccc2Cl)c(=O)c1. The van der Waals surface area contributed by atoms with Crippen LogP contribution in [0, 0.1) is 0 Å². The Bertz CT molecular complexity index is 640. The first-order chi connectivity index (χ1) is 9.63. The zero-order valence-corrected chi connectivity index (χ0v) is 12.6. The maximum absolute atomic E-state index is 12.1. The van der Waals surface area contributed by atoms with E-state index in [0.29, 0.717) is 22.9 Å². The van der Waals surface area contributed by atoms with Gasteiger partial charge < -0.3 is 4.74 Å². The number of ether oxygens (including phenoxy) is 1. The molecule has 0 saturated carbocycles. The van der Waals surface area contributed by atoms with E-state index in [1.54, 1.807) is 24.4 Å². The quantitative estimate of drug-likeness (QED) is 0.779. The van der Waals surface area contributed by atoms with Crippen LogP contribution in [0.5, 0.6) is 5.75 Å². The Morgan fingerprint density at radius 3 is 2.70 bits per heavy atom. The van der Waals surface area contributed by atoms with Gasteiger partial charge in [-0.15, -0.1) is 0 Å². The van der Waals surface area contributed by atoms with E-state index < -0.39 is 5.50 Å². The monoisotopic (exact) mass is 311 g/mol. The van der Waals surface area contributed by atoms with Crippen molar-refractivity contribution in [2.24, 2.45) is 0 Å². The summed E-state index contributed by atoms with van der Waals surface area (Å²) in [7, 11) is 0. The van der Waals surface area contributed by atoms with Crippen molar-refractivity contribution in [3.63, 3.8) is 0 Å². The Morgan fingerprint density at radius 1 is 1.30 bits per heavy atom. The predicted octanol–water partition coefficient (Wildman–Crippen LogP) is 4.08. The number of alkyl halides is 1. The van der Waals surface area contributed by atoms with Crippen molar-refractivity contribution in [1.82, 2.24) is 4.57 Å². The molecule has 0 bridgehead atoms. The maximum atomic E-state index is 12.1. The second kappa shape index (κ2) is 6.82. The Hall–Kier alpha value is -1.45. The van der Waals surface area contributed by atoms with Crippen molar-refractivity contribution in [3.8, 4) is 5.75 Å². The number of aromatic nitrogens is 1. The van der Waals surface area contributed by atoms with Gasteiger partial charge in [0, 0.05) is 22.8 Å². The van der Waals surface area contributed by atoms with Crippen LogP contribution in [0.4, 0.5) is 0 Å². The number of benzene rings is 1. The standard InChI is InChI=1S/C15H15Cl2NO2/c1-2-9-20-11-7-8-18(14(19)10-11)15(17)12-5-3-4-6-13(12)16/h3-8,10,15H,2,9H2,1H3. The fourth-order valence-corrected chi connectivity index (χ4v) is 2.43. The minimum atomic E-state index is -0.642. The lowest BCUT2D eigenvalue weighted by Crippen LogP contribution is -2.21. The Labute approximate surface area is 127 Å². The van der Waals surface area contributed by atoms with Gasteiger partial charge >= 0.3 is 0 Å².